The fraction of sp³-hybridized carbons (Fsp3) is 0.143. The van der Waals surface area contributed by atoms with Crippen LogP contribution < -0.4 is 16.0 Å². The molecular weight excluding hydrogens is 360 g/mol. The van der Waals surface area contributed by atoms with Crippen LogP contribution in [-0.2, 0) is 4.79 Å². The van der Waals surface area contributed by atoms with Gasteiger partial charge in [0.1, 0.15) is 0 Å². The van der Waals surface area contributed by atoms with E-state index in [0.717, 1.165) is 22.6 Å². The fourth-order valence-electron chi connectivity index (χ4n) is 3.11. The number of aliphatic imine (C=N–C) groups is 1. The highest BCUT2D eigenvalue weighted by molar-refractivity contribution is 6.34. The quantitative estimate of drug-likeness (QED) is 0.748. The van der Waals surface area contributed by atoms with Crippen molar-refractivity contribution in [1.82, 2.24) is 5.32 Å². The maximum absolute atomic E-state index is 12.5. The summed E-state index contributed by atoms with van der Waals surface area (Å²) in [4.78, 5) is 17.1. The number of nitrogens with zero attached hydrogens (tertiary/aromatic N) is 1. The first kappa shape index (κ1) is 17.4. The van der Waals surface area contributed by atoms with Gasteiger partial charge >= 0.3 is 0 Å². The van der Waals surface area contributed by atoms with Crippen LogP contribution in [0.25, 0.3) is 0 Å². The van der Waals surface area contributed by atoms with Crippen molar-refractivity contribution in [3.63, 3.8) is 0 Å². The maximum atomic E-state index is 12.5. The molecule has 2 aliphatic rings. The third-order valence-corrected chi connectivity index (χ3v) is 4.86. The molecule has 1 atom stereocenters. The van der Waals surface area contributed by atoms with Gasteiger partial charge in [-0.1, -0.05) is 48.0 Å². The summed E-state index contributed by atoms with van der Waals surface area (Å²) >= 11 is 6.28. The number of aryl methyl sites for hydroxylation is 1. The summed E-state index contributed by atoms with van der Waals surface area (Å²) in [5.74, 6) is 0.506. The van der Waals surface area contributed by atoms with Crippen molar-refractivity contribution in [3.8, 4) is 0 Å². The molecule has 3 N–H and O–H groups in total. The minimum Gasteiger partial charge on any atom is -0.347 e. The van der Waals surface area contributed by atoms with Gasteiger partial charge in [0.2, 0.25) is 5.96 Å². The Balaban J connectivity index is 1.49. The molecule has 1 heterocycles. The lowest BCUT2D eigenvalue weighted by Crippen LogP contribution is -2.34. The van der Waals surface area contributed by atoms with E-state index in [2.05, 4.69) is 20.9 Å². The van der Waals surface area contributed by atoms with Gasteiger partial charge in [-0.2, -0.15) is 0 Å². The van der Waals surface area contributed by atoms with E-state index in [1.54, 1.807) is 0 Å². The van der Waals surface area contributed by atoms with Crippen molar-refractivity contribution in [1.29, 1.82) is 0 Å². The third kappa shape index (κ3) is 3.73. The Morgan fingerprint density at radius 1 is 1.19 bits per heavy atom. The average Bonchev–Trinajstić information content (AvgIpc) is 3.07. The predicted octanol–water partition coefficient (Wildman–Crippen LogP) is 4.24. The zero-order valence-corrected chi connectivity index (χ0v) is 15.5. The topological polar surface area (TPSA) is 65.5 Å². The molecule has 5 nitrogen and oxygen atoms in total. The highest BCUT2D eigenvalue weighted by Gasteiger charge is 2.27. The summed E-state index contributed by atoms with van der Waals surface area (Å²) in [5, 5.41) is 10.1. The number of amides is 1. The van der Waals surface area contributed by atoms with E-state index < -0.39 is 0 Å². The van der Waals surface area contributed by atoms with Crippen LogP contribution >= 0.6 is 11.6 Å². The number of benzene rings is 2. The molecule has 136 valence electrons. The molecule has 0 saturated heterocycles. The predicted molar refractivity (Wildman–Crippen MR) is 110 cm³/mol. The number of halogens is 1. The number of anilines is 2. The first-order valence-corrected chi connectivity index (χ1v) is 9.13. The van der Waals surface area contributed by atoms with E-state index in [1.165, 1.54) is 0 Å². The molecule has 2 aromatic carbocycles. The zero-order valence-electron chi connectivity index (χ0n) is 14.8. The summed E-state index contributed by atoms with van der Waals surface area (Å²) in [6.45, 7) is 1.99. The Bertz CT molecular complexity index is 959. The van der Waals surface area contributed by atoms with E-state index in [-0.39, 0.29) is 11.9 Å². The fourth-order valence-corrected chi connectivity index (χ4v) is 3.38. The number of guanidine groups is 1. The monoisotopic (exact) mass is 378 g/mol. The van der Waals surface area contributed by atoms with E-state index in [1.807, 2.05) is 67.6 Å². The summed E-state index contributed by atoms with van der Waals surface area (Å²) in [5.41, 5.74) is 4.10. The normalized spacial score (nSPS) is 17.9. The Labute approximate surface area is 162 Å². The zero-order chi connectivity index (χ0) is 18.8. The SMILES string of the molecule is Cc1cccc(Cl)c1NC1=NC2=CC(C(=O)Nc3ccccc3)=CCC2N1. The van der Waals surface area contributed by atoms with Gasteiger partial charge in [-0.25, -0.2) is 4.99 Å². The van der Waals surface area contributed by atoms with Crippen LogP contribution in [0.15, 0.2) is 76.9 Å². The number of carbonyl (C=O) groups is 1. The summed E-state index contributed by atoms with van der Waals surface area (Å²) in [6.07, 6.45) is 4.45. The van der Waals surface area contributed by atoms with Crippen LogP contribution in [0.5, 0.6) is 0 Å². The molecule has 0 fully saturated rings. The Kier molecular flexibility index (Phi) is 4.69. The third-order valence-electron chi connectivity index (χ3n) is 4.54. The lowest BCUT2D eigenvalue weighted by atomic mass is 10.00. The molecule has 0 bridgehead atoms. The summed E-state index contributed by atoms with van der Waals surface area (Å²) in [7, 11) is 0. The summed E-state index contributed by atoms with van der Waals surface area (Å²) in [6, 6.07) is 15.2. The maximum Gasteiger partial charge on any atom is 0.255 e. The first-order valence-electron chi connectivity index (χ1n) is 8.75. The Hall–Kier alpha value is -3.05. The molecule has 4 rings (SSSR count). The van der Waals surface area contributed by atoms with Gasteiger partial charge in [0, 0.05) is 11.3 Å². The van der Waals surface area contributed by atoms with Crippen molar-refractivity contribution >= 4 is 34.8 Å². The highest BCUT2D eigenvalue weighted by atomic mass is 35.5. The van der Waals surface area contributed by atoms with Crippen molar-refractivity contribution in [2.75, 3.05) is 10.6 Å². The first-order chi connectivity index (χ1) is 13.1. The van der Waals surface area contributed by atoms with Crippen LogP contribution in [0.4, 0.5) is 11.4 Å². The molecular formula is C21H19ClN4O. The molecule has 27 heavy (non-hydrogen) atoms. The number of fused-ring (bicyclic) bond motifs is 1. The molecule has 0 spiro atoms. The van der Waals surface area contributed by atoms with Gasteiger partial charge in [-0.3, -0.25) is 4.79 Å². The minimum atomic E-state index is -0.134. The van der Waals surface area contributed by atoms with Crippen LogP contribution in [0, 0.1) is 6.92 Å². The smallest absolute Gasteiger partial charge is 0.255 e. The van der Waals surface area contributed by atoms with E-state index >= 15 is 0 Å². The van der Waals surface area contributed by atoms with E-state index in [9.17, 15) is 4.79 Å². The Morgan fingerprint density at radius 3 is 2.78 bits per heavy atom. The average molecular weight is 379 g/mol. The second kappa shape index (κ2) is 7.29. The molecule has 0 radical (unpaired) electrons. The molecule has 1 aliphatic heterocycles. The van der Waals surface area contributed by atoms with E-state index in [4.69, 9.17) is 11.6 Å². The van der Waals surface area contributed by atoms with Gasteiger partial charge in [0.25, 0.3) is 5.91 Å². The Morgan fingerprint density at radius 2 is 2.00 bits per heavy atom. The van der Waals surface area contributed by atoms with Crippen molar-refractivity contribution < 1.29 is 4.79 Å². The molecule has 0 aromatic heterocycles. The van der Waals surface area contributed by atoms with Gasteiger partial charge in [-0.05, 0) is 43.2 Å². The lowest BCUT2D eigenvalue weighted by molar-refractivity contribution is -0.112. The number of nitrogens with one attached hydrogen (secondary N) is 3. The van der Waals surface area contributed by atoms with Crippen LogP contribution in [0.1, 0.15) is 12.0 Å². The van der Waals surface area contributed by atoms with Gasteiger partial charge in [0.05, 0.1) is 22.4 Å². The molecule has 1 amide bonds. The van der Waals surface area contributed by atoms with Gasteiger partial charge in [0.15, 0.2) is 0 Å². The minimum absolute atomic E-state index is 0.0589. The highest BCUT2D eigenvalue weighted by Crippen LogP contribution is 2.28. The number of hydrogen-bond acceptors (Lipinski definition) is 4. The van der Waals surface area contributed by atoms with Crippen LogP contribution in [-0.4, -0.2) is 17.9 Å². The van der Waals surface area contributed by atoms with Crippen LogP contribution in [0.2, 0.25) is 5.02 Å². The standard InChI is InChI=1S/C21H19ClN4O/c1-13-6-5-9-16(22)19(13)26-21-24-17-11-10-14(12-18(17)25-21)20(27)23-15-7-3-2-4-8-15/h2-10,12,17H,11H2,1H3,(H,23,27)(H2,24,25,26). The molecule has 1 unspecified atom stereocenters. The molecule has 6 heteroatoms. The largest absolute Gasteiger partial charge is 0.347 e. The number of rotatable bonds is 3. The number of carbonyl (C=O) groups excluding carboxylic acids is 1. The number of para-hydroxylation sites is 2. The summed E-state index contributed by atoms with van der Waals surface area (Å²) < 4.78 is 0. The number of hydrogen-bond donors (Lipinski definition) is 3. The van der Waals surface area contributed by atoms with Crippen LogP contribution in [0.3, 0.4) is 0 Å². The molecule has 1 aliphatic carbocycles. The van der Waals surface area contributed by atoms with E-state index in [0.29, 0.717) is 23.0 Å². The second-order valence-electron chi connectivity index (χ2n) is 6.50. The lowest BCUT2D eigenvalue weighted by Gasteiger charge is -2.17. The van der Waals surface area contributed by atoms with Crippen molar-refractivity contribution in [2.24, 2.45) is 4.99 Å². The van der Waals surface area contributed by atoms with Gasteiger partial charge < -0.3 is 16.0 Å². The molecule has 2 aromatic rings. The van der Waals surface area contributed by atoms with Gasteiger partial charge in [-0.15, -0.1) is 0 Å². The van der Waals surface area contributed by atoms with Crippen molar-refractivity contribution in [2.45, 2.75) is 19.4 Å². The van der Waals surface area contributed by atoms with Crippen molar-refractivity contribution in [3.05, 3.63) is 82.5 Å². The molecule has 0 saturated carbocycles. The second-order valence-corrected chi connectivity index (χ2v) is 6.91.